The average molecular weight is 439 g/mol. The van der Waals surface area contributed by atoms with E-state index in [2.05, 4.69) is 5.32 Å². The Bertz CT molecular complexity index is 1120. The summed E-state index contributed by atoms with van der Waals surface area (Å²) in [5.74, 6) is 0.310. The number of hydrogen-bond acceptors (Lipinski definition) is 4. The molecule has 0 unspecified atom stereocenters. The van der Waals surface area contributed by atoms with Gasteiger partial charge in [-0.15, -0.1) is 0 Å². The maximum Gasteiger partial charge on any atom is 0.251 e. The Kier molecular flexibility index (Phi) is 7.44. The van der Waals surface area contributed by atoms with Crippen molar-refractivity contribution in [2.45, 2.75) is 17.9 Å². The molecule has 0 radical (unpaired) electrons. The summed E-state index contributed by atoms with van der Waals surface area (Å²) in [5, 5.41) is 2.91. The molecule has 3 aromatic rings. The molecule has 0 heterocycles. The van der Waals surface area contributed by atoms with Gasteiger partial charge in [0.2, 0.25) is 10.0 Å². The third-order valence-corrected chi connectivity index (χ3v) is 6.75. The Labute approximate surface area is 183 Å². The fourth-order valence-electron chi connectivity index (χ4n) is 3.21. The minimum Gasteiger partial charge on any atom is -0.496 e. The highest BCUT2D eigenvalue weighted by molar-refractivity contribution is 7.89. The number of carbonyl (C=O) groups excluding carboxylic acids is 1. The van der Waals surface area contributed by atoms with Crippen LogP contribution in [0.25, 0.3) is 0 Å². The highest BCUT2D eigenvalue weighted by atomic mass is 32.2. The molecular formula is C24H26N2O4S. The second kappa shape index (κ2) is 10.2. The van der Waals surface area contributed by atoms with Crippen molar-refractivity contribution < 1.29 is 17.9 Å². The molecular weight excluding hydrogens is 412 g/mol. The Morgan fingerprint density at radius 2 is 1.61 bits per heavy atom. The molecule has 1 N–H and O–H groups in total. The quantitative estimate of drug-likeness (QED) is 0.555. The van der Waals surface area contributed by atoms with Gasteiger partial charge in [-0.25, -0.2) is 8.42 Å². The van der Waals surface area contributed by atoms with Crippen LogP contribution in [0.1, 0.15) is 21.5 Å². The van der Waals surface area contributed by atoms with E-state index in [-0.39, 0.29) is 17.3 Å². The second-order valence-electron chi connectivity index (χ2n) is 7.09. The number of benzene rings is 3. The first-order valence-electron chi connectivity index (χ1n) is 9.92. The van der Waals surface area contributed by atoms with Crippen LogP contribution in [0.15, 0.2) is 83.8 Å². The third-order valence-electron chi connectivity index (χ3n) is 4.93. The van der Waals surface area contributed by atoms with Gasteiger partial charge in [0.15, 0.2) is 0 Å². The molecule has 0 aliphatic carbocycles. The molecule has 7 heteroatoms. The van der Waals surface area contributed by atoms with E-state index in [4.69, 9.17) is 4.74 Å². The molecule has 0 atom stereocenters. The molecule has 0 saturated heterocycles. The van der Waals surface area contributed by atoms with Gasteiger partial charge < -0.3 is 10.1 Å². The predicted molar refractivity (Wildman–Crippen MR) is 121 cm³/mol. The summed E-state index contributed by atoms with van der Waals surface area (Å²) >= 11 is 0. The van der Waals surface area contributed by atoms with Crippen molar-refractivity contribution in [1.29, 1.82) is 0 Å². The zero-order chi connectivity index (χ0) is 22.3. The van der Waals surface area contributed by atoms with Crippen LogP contribution in [0, 0.1) is 0 Å². The van der Waals surface area contributed by atoms with Crippen LogP contribution in [0.5, 0.6) is 5.75 Å². The van der Waals surface area contributed by atoms with Crippen molar-refractivity contribution in [2.24, 2.45) is 0 Å². The summed E-state index contributed by atoms with van der Waals surface area (Å²) < 4.78 is 32.3. The van der Waals surface area contributed by atoms with E-state index >= 15 is 0 Å². The standard InChI is InChI=1S/C24H26N2O4S/c1-26(31(28,29)22-11-7-4-8-12-22)18-21-17-20(13-14-23(21)30-2)24(27)25-16-15-19-9-5-3-6-10-19/h3-14,17H,15-16,18H2,1-2H3,(H,25,27). The van der Waals surface area contributed by atoms with Crippen molar-refractivity contribution in [3.05, 3.63) is 95.6 Å². The van der Waals surface area contributed by atoms with Crippen LogP contribution in [-0.2, 0) is 23.0 Å². The first-order valence-corrected chi connectivity index (χ1v) is 11.4. The summed E-state index contributed by atoms with van der Waals surface area (Å²) in [4.78, 5) is 12.8. The van der Waals surface area contributed by atoms with E-state index in [9.17, 15) is 13.2 Å². The third kappa shape index (κ3) is 5.71. The largest absolute Gasteiger partial charge is 0.496 e. The number of methoxy groups -OCH3 is 1. The number of nitrogens with zero attached hydrogens (tertiary/aromatic N) is 1. The zero-order valence-electron chi connectivity index (χ0n) is 17.6. The monoisotopic (exact) mass is 438 g/mol. The van der Waals surface area contributed by atoms with E-state index in [1.807, 2.05) is 30.3 Å². The number of carbonyl (C=O) groups is 1. The van der Waals surface area contributed by atoms with E-state index < -0.39 is 10.0 Å². The Morgan fingerprint density at radius 1 is 0.968 bits per heavy atom. The number of hydrogen-bond donors (Lipinski definition) is 1. The maximum atomic E-state index is 12.8. The van der Waals surface area contributed by atoms with E-state index in [0.717, 1.165) is 12.0 Å². The van der Waals surface area contributed by atoms with Gasteiger partial charge in [0.1, 0.15) is 5.75 Å². The van der Waals surface area contributed by atoms with E-state index in [1.165, 1.54) is 18.5 Å². The molecule has 0 fully saturated rings. The summed E-state index contributed by atoms with van der Waals surface area (Å²) in [7, 11) is -0.637. The van der Waals surface area contributed by atoms with Crippen molar-refractivity contribution in [2.75, 3.05) is 20.7 Å². The van der Waals surface area contributed by atoms with Gasteiger partial charge >= 0.3 is 0 Å². The molecule has 0 bridgehead atoms. The summed E-state index contributed by atoms with van der Waals surface area (Å²) in [6, 6.07) is 23.2. The predicted octanol–water partition coefficient (Wildman–Crippen LogP) is 3.49. The average Bonchev–Trinajstić information content (AvgIpc) is 2.80. The minimum atomic E-state index is -3.66. The minimum absolute atomic E-state index is 0.0749. The Balaban J connectivity index is 1.72. The van der Waals surface area contributed by atoms with Crippen LogP contribution in [0.2, 0.25) is 0 Å². The first kappa shape index (κ1) is 22.5. The number of amides is 1. The van der Waals surface area contributed by atoms with E-state index in [0.29, 0.717) is 23.4 Å². The number of ether oxygens (including phenoxy) is 1. The number of sulfonamides is 1. The smallest absolute Gasteiger partial charge is 0.251 e. The van der Waals surface area contributed by atoms with Gasteiger partial charge in [-0.05, 0) is 42.3 Å². The van der Waals surface area contributed by atoms with Gasteiger partial charge in [-0.2, -0.15) is 4.31 Å². The molecule has 0 spiro atoms. The highest BCUT2D eigenvalue weighted by Crippen LogP contribution is 2.24. The topological polar surface area (TPSA) is 75.7 Å². The van der Waals surface area contributed by atoms with Crippen LogP contribution in [0.4, 0.5) is 0 Å². The first-order chi connectivity index (χ1) is 14.9. The molecule has 1 amide bonds. The van der Waals surface area contributed by atoms with Gasteiger partial charge in [0, 0.05) is 31.3 Å². The summed E-state index contributed by atoms with van der Waals surface area (Å²) in [6.07, 6.45) is 0.730. The van der Waals surface area contributed by atoms with Crippen LogP contribution in [0.3, 0.4) is 0 Å². The summed E-state index contributed by atoms with van der Waals surface area (Å²) in [6.45, 7) is 0.581. The molecule has 3 rings (SSSR count). The molecule has 0 aliphatic heterocycles. The lowest BCUT2D eigenvalue weighted by molar-refractivity contribution is 0.0954. The van der Waals surface area contributed by atoms with Gasteiger partial charge in [0.25, 0.3) is 5.91 Å². The van der Waals surface area contributed by atoms with E-state index in [1.54, 1.807) is 48.5 Å². The number of rotatable bonds is 9. The molecule has 162 valence electrons. The molecule has 6 nitrogen and oxygen atoms in total. The molecule has 0 saturated carbocycles. The molecule has 3 aromatic carbocycles. The fraction of sp³-hybridized carbons (Fsp3) is 0.208. The lowest BCUT2D eigenvalue weighted by Crippen LogP contribution is -2.28. The summed E-state index contributed by atoms with van der Waals surface area (Å²) in [5.41, 5.74) is 2.21. The number of nitrogens with one attached hydrogen (secondary N) is 1. The van der Waals surface area contributed by atoms with Crippen molar-refractivity contribution >= 4 is 15.9 Å². The van der Waals surface area contributed by atoms with Gasteiger partial charge in [-0.3, -0.25) is 4.79 Å². The second-order valence-corrected chi connectivity index (χ2v) is 9.14. The Morgan fingerprint density at radius 3 is 2.26 bits per heavy atom. The van der Waals surface area contributed by atoms with Crippen LogP contribution >= 0.6 is 0 Å². The lowest BCUT2D eigenvalue weighted by atomic mass is 10.1. The van der Waals surface area contributed by atoms with Gasteiger partial charge in [0.05, 0.1) is 12.0 Å². The molecule has 31 heavy (non-hydrogen) atoms. The van der Waals surface area contributed by atoms with Crippen molar-refractivity contribution in [3.63, 3.8) is 0 Å². The Hall–Kier alpha value is -3.16. The van der Waals surface area contributed by atoms with Crippen LogP contribution < -0.4 is 10.1 Å². The van der Waals surface area contributed by atoms with Crippen molar-refractivity contribution in [3.8, 4) is 5.75 Å². The normalized spacial score (nSPS) is 11.3. The highest BCUT2D eigenvalue weighted by Gasteiger charge is 2.22. The van der Waals surface area contributed by atoms with Crippen molar-refractivity contribution in [1.82, 2.24) is 9.62 Å². The zero-order valence-corrected chi connectivity index (χ0v) is 18.4. The lowest BCUT2D eigenvalue weighted by Gasteiger charge is -2.19. The van der Waals surface area contributed by atoms with Crippen LogP contribution in [-0.4, -0.2) is 39.3 Å². The van der Waals surface area contributed by atoms with Gasteiger partial charge in [-0.1, -0.05) is 48.5 Å². The maximum absolute atomic E-state index is 12.8. The fourth-order valence-corrected chi connectivity index (χ4v) is 4.38. The SMILES string of the molecule is COc1ccc(C(=O)NCCc2ccccc2)cc1CN(C)S(=O)(=O)c1ccccc1. The molecule has 0 aromatic heterocycles. The molecule has 0 aliphatic rings.